The number of halogens is 2. The Morgan fingerprint density at radius 3 is 2.00 bits per heavy atom. The first-order valence-electron chi connectivity index (χ1n) is 5.65. The van der Waals surface area contributed by atoms with Crippen LogP contribution in [0.25, 0.3) is 0 Å². The Bertz CT molecular complexity index is 468. The van der Waals surface area contributed by atoms with Gasteiger partial charge in [0.15, 0.2) is 0 Å². The normalized spacial score (nSPS) is 10.4. The Labute approximate surface area is 108 Å². The Morgan fingerprint density at radius 1 is 1.17 bits per heavy atom. The second-order valence-electron chi connectivity index (χ2n) is 4.37. The molecule has 0 nitrogen and oxygen atoms in total. The van der Waals surface area contributed by atoms with Crippen molar-refractivity contribution in [2.24, 2.45) is 0 Å². The van der Waals surface area contributed by atoms with Gasteiger partial charge in [0.05, 0.1) is 0 Å². The molecule has 0 fully saturated rings. The Morgan fingerprint density at radius 2 is 1.72 bits per heavy atom. The van der Waals surface area contributed by atoms with Crippen molar-refractivity contribution in [1.29, 1.82) is 0 Å². The van der Waals surface area contributed by atoms with Gasteiger partial charge in [0, 0.05) is 0 Å². The maximum Gasteiger partial charge on any atom is 0.126 e. The monoisotopic (exact) mass is 250 g/mol. The largest absolute Gasteiger partial charge is 0.207 e. The third kappa shape index (κ3) is 6.79. The number of aryl methyl sites for hydroxylation is 2. The lowest BCUT2D eigenvalue weighted by atomic mass is 10.2. The van der Waals surface area contributed by atoms with Gasteiger partial charge in [0.25, 0.3) is 0 Å². The molecule has 0 N–H and O–H groups in total. The highest BCUT2D eigenvalue weighted by atomic mass is 19.1. The van der Waals surface area contributed by atoms with Crippen LogP contribution in [0.1, 0.15) is 25.0 Å². The molecule has 1 aromatic rings. The molecule has 0 radical (unpaired) electrons. The van der Waals surface area contributed by atoms with Crippen LogP contribution in [0.2, 0.25) is 0 Å². The molecule has 0 aromatic heterocycles. The summed E-state index contributed by atoms with van der Waals surface area (Å²) in [5, 5.41) is 0. The average molecular weight is 250 g/mol. The number of rotatable bonds is 2. The standard InChI is InChI=1S/C8H9F.C8H11F/c1-6-3-4-7(2)8(9)5-6;1-6(2)5-8(9)7(3)4/h3-5H,1-2H3;5H,1,3H2,2,4H3/b;8-5+. The summed E-state index contributed by atoms with van der Waals surface area (Å²) in [4.78, 5) is 0. The summed E-state index contributed by atoms with van der Waals surface area (Å²) >= 11 is 0. The molecule has 0 aliphatic heterocycles. The summed E-state index contributed by atoms with van der Waals surface area (Å²) in [5.74, 6) is -0.405. The molecule has 0 saturated carbocycles. The zero-order valence-electron chi connectivity index (χ0n) is 11.5. The van der Waals surface area contributed by atoms with E-state index in [0.717, 1.165) is 5.56 Å². The molecule has 1 rings (SSSR count). The minimum atomic E-state index is -0.289. The van der Waals surface area contributed by atoms with E-state index in [1.807, 2.05) is 13.0 Å². The zero-order chi connectivity index (χ0) is 14.3. The highest BCUT2D eigenvalue weighted by Gasteiger charge is 1.93. The van der Waals surface area contributed by atoms with Gasteiger partial charge in [-0.1, -0.05) is 30.9 Å². The van der Waals surface area contributed by atoms with Gasteiger partial charge in [-0.05, 0) is 56.5 Å². The van der Waals surface area contributed by atoms with Crippen molar-refractivity contribution in [1.82, 2.24) is 0 Å². The average Bonchev–Trinajstić information content (AvgIpc) is 2.24. The van der Waals surface area contributed by atoms with Gasteiger partial charge >= 0.3 is 0 Å². The Balaban J connectivity index is 0.000000321. The highest BCUT2D eigenvalue weighted by molar-refractivity contribution is 5.27. The van der Waals surface area contributed by atoms with Crippen molar-refractivity contribution >= 4 is 0 Å². The number of allylic oxidation sites excluding steroid dienone is 4. The summed E-state index contributed by atoms with van der Waals surface area (Å²) in [7, 11) is 0. The quantitative estimate of drug-likeness (QED) is 0.613. The summed E-state index contributed by atoms with van der Waals surface area (Å²) in [6.45, 7) is 13.9. The van der Waals surface area contributed by atoms with Crippen LogP contribution in [0.5, 0.6) is 0 Å². The van der Waals surface area contributed by atoms with Gasteiger partial charge in [-0.2, -0.15) is 0 Å². The second kappa shape index (κ2) is 7.59. The lowest BCUT2D eigenvalue weighted by Gasteiger charge is -1.94. The fraction of sp³-hybridized carbons (Fsp3) is 0.250. The SMILES string of the molecule is C=C(C)/C=C(/F)C(=C)C.Cc1ccc(C)c(F)c1. The Hall–Kier alpha value is -1.70. The zero-order valence-corrected chi connectivity index (χ0v) is 11.5. The lowest BCUT2D eigenvalue weighted by molar-refractivity contribution is 0.617. The summed E-state index contributed by atoms with van der Waals surface area (Å²) in [6.07, 6.45) is 1.36. The van der Waals surface area contributed by atoms with Crippen molar-refractivity contribution in [3.05, 3.63) is 71.4 Å². The molecule has 0 saturated heterocycles. The van der Waals surface area contributed by atoms with Crippen LogP contribution in [0.3, 0.4) is 0 Å². The van der Waals surface area contributed by atoms with Crippen molar-refractivity contribution in [2.75, 3.05) is 0 Å². The first kappa shape index (κ1) is 16.3. The highest BCUT2D eigenvalue weighted by Crippen LogP contribution is 2.09. The lowest BCUT2D eigenvalue weighted by Crippen LogP contribution is -1.81. The molecule has 0 spiro atoms. The van der Waals surface area contributed by atoms with Gasteiger partial charge in [-0.3, -0.25) is 0 Å². The van der Waals surface area contributed by atoms with E-state index in [1.165, 1.54) is 12.1 Å². The van der Waals surface area contributed by atoms with E-state index in [9.17, 15) is 8.78 Å². The minimum absolute atomic E-state index is 0.116. The van der Waals surface area contributed by atoms with Crippen LogP contribution in [-0.4, -0.2) is 0 Å². The third-order valence-corrected chi connectivity index (χ3v) is 2.11. The molecule has 0 heterocycles. The van der Waals surface area contributed by atoms with Crippen molar-refractivity contribution in [3.63, 3.8) is 0 Å². The van der Waals surface area contributed by atoms with Crippen LogP contribution in [0.15, 0.2) is 54.4 Å². The van der Waals surface area contributed by atoms with Crippen molar-refractivity contribution < 1.29 is 8.78 Å². The van der Waals surface area contributed by atoms with Gasteiger partial charge in [-0.15, -0.1) is 0 Å². The molecule has 0 amide bonds. The number of hydrogen-bond acceptors (Lipinski definition) is 0. The predicted molar refractivity (Wildman–Crippen MR) is 74.7 cm³/mol. The van der Waals surface area contributed by atoms with E-state index < -0.39 is 0 Å². The molecule has 0 aliphatic carbocycles. The molecule has 1 aromatic carbocycles. The smallest absolute Gasteiger partial charge is 0.126 e. The van der Waals surface area contributed by atoms with Crippen molar-refractivity contribution in [3.8, 4) is 0 Å². The van der Waals surface area contributed by atoms with Gasteiger partial charge in [0.2, 0.25) is 0 Å². The molecule has 18 heavy (non-hydrogen) atoms. The Kier molecular flexibility index (Phi) is 6.88. The van der Waals surface area contributed by atoms with Crippen molar-refractivity contribution in [2.45, 2.75) is 27.7 Å². The van der Waals surface area contributed by atoms with E-state index in [2.05, 4.69) is 13.2 Å². The number of benzene rings is 1. The van der Waals surface area contributed by atoms with Crippen LogP contribution in [0.4, 0.5) is 8.78 Å². The molecule has 2 heteroatoms. The summed E-state index contributed by atoms with van der Waals surface area (Å²) < 4.78 is 25.1. The van der Waals surface area contributed by atoms with E-state index in [-0.39, 0.29) is 11.6 Å². The molecule has 0 aliphatic rings. The predicted octanol–water partition coefficient (Wildman–Crippen LogP) is 5.43. The van der Waals surface area contributed by atoms with Crippen LogP contribution in [0, 0.1) is 19.7 Å². The van der Waals surface area contributed by atoms with E-state index in [0.29, 0.717) is 16.7 Å². The second-order valence-corrected chi connectivity index (χ2v) is 4.37. The van der Waals surface area contributed by atoms with Crippen LogP contribution in [-0.2, 0) is 0 Å². The van der Waals surface area contributed by atoms with Crippen LogP contribution < -0.4 is 0 Å². The maximum atomic E-state index is 12.6. The van der Waals surface area contributed by atoms with E-state index >= 15 is 0 Å². The third-order valence-electron chi connectivity index (χ3n) is 2.11. The molecule has 0 bridgehead atoms. The van der Waals surface area contributed by atoms with Gasteiger partial charge in [-0.25, -0.2) is 8.78 Å². The fourth-order valence-electron chi connectivity index (χ4n) is 1.04. The molecule has 0 unspecified atom stereocenters. The van der Waals surface area contributed by atoms with Gasteiger partial charge in [0.1, 0.15) is 11.6 Å². The van der Waals surface area contributed by atoms with E-state index in [1.54, 1.807) is 26.8 Å². The molecule has 0 atom stereocenters. The van der Waals surface area contributed by atoms with Crippen LogP contribution >= 0.6 is 0 Å². The van der Waals surface area contributed by atoms with E-state index in [4.69, 9.17) is 0 Å². The minimum Gasteiger partial charge on any atom is -0.207 e. The molecule has 98 valence electrons. The fourth-order valence-corrected chi connectivity index (χ4v) is 1.04. The van der Waals surface area contributed by atoms with Gasteiger partial charge < -0.3 is 0 Å². The first-order valence-corrected chi connectivity index (χ1v) is 5.65. The molecular formula is C16H20F2. The maximum absolute atomic E-state index is 12.6. The summed E-state index contributed by atoms with van der Waals surface area (Å²) in [6, 6.07) is 5.22. The molecular weight excluding hydrogens is 230 g/mol. The summed E-state index contributed by atoms with van der Waals surface area (Å²) in [5.41, 5.74) is 2.83. The first-order chi connectivity index (χ1) is 8.23. The topological polar surface area (TPSA) is 0 Å². The number of hydrogen-bond donors (Lipinski definition) is 0.